The molecule has 0 N–H and O–H groups in total. The maximum atomic E-state index is 4.71. The number of hydrogen-bond acceptors (Lipinski definition) is 5. The Morgan fingerprint density at radius 2 is 1.85 bits per heavy atom. The number of rotatable bonds is 2. The van der Waals surface area contributed by atoms with E-state index in [2.05, 4.69) is 26.9 Å². The minimum atomic E-state index is 0.818. The molecule has 0 atom stereocenters. The van der Waals surface area contributed by atoms with E-state index in [4.69, 9.17) is 4.98 Å². The van der Waals surface area contributed by atoms with Crippen LogP contribution in [0.5, 0.6) is 0 Å². The Bertz CT molecular complexity index is 597. The first-order valence-corrected chi connectivity index (χ1v) is 6.90. The first-order valence-electron chi connectivity index (χ1n) is 6.90. The average Bonchev–Trinajstić information content (AvgIpc) is 2.79. The van der Waals surface area contributed by atoms with E-state index in [0.29, 0.717) is 0 Å². The Kier molecular flexibility index (Phi) is 3.40. The topological polar surface area (TPSA) is 50.1 Å². The van der Waals surface area contributed by atoms with Gasteiger partial charge in [0.25, 0.3) is 0 Å². The van der Waals surface area contributed by atoms with Gasteiger partial charge in [-0.25, -0.2) is 9.97 Å². The lowest BCUT2D eigenvalue weighted by Gasteiger charge is -2.32. The number of aryl methyl sites for hydroxylation is 2. The molecule has 1 aliphatic rings. The van der Waals surface area contributed by atoms with Gasteiger partial charge in [0.15, 0.2) is 0 Å². The highest BCUT2D eigenvalue weighted by Gasteiger charge is 2.17. The third kappa shape index (κ3) is 2.51. The lowest BCUT2D eigenvalue weighted by Crippen LogP contribution is -2.45. The molecule has 3 heterocycles. The lowest BCUT2D eigenvalue weighted by molar-refractivity contribution is 0.311. The van der Waals surface area contributed by atoms with Gasteiger partial charge >= 0.3 is 0 Å². The van der Waals surface area contributed by atoms with Crippen LogP contribution >= 0.6 is 0 Å². The van der Waals surface area contributed by atoms with Crippen molar-refractivity contribution < 1.29 is 0 Å². The molecular weight excluding hydrogens is 252 g/mol. The normalized spacial score (nSPS) is 16.6. The number of hydrogen-bond donors (Lipinski definition) is 0. The number of piperazine rings is 1. The summed E-state index contributed by atoms with van der Waals surface area (Å²) in [5.74, 6) is 0.818. The van der Waals surface area contributed by atoms with Crippen LogP contribution in [0.3, 0.4) is 0 Å². The number of nitrogens with zero attached hydrogens (tertiary/aromatic N) is 6. The molecule has 1 fully saturated rings. The molecule has 6 nitrogen and oxygen atoms in total. The van der Waals surface area contributed by atoms with Gasteiger partial charge in [-0.15, -0.1) is 0 Å². The van der Waals surface area contributed by atoms with Crippen molar-refractivity contribution in [1.29, 1.82) is 0 Å². The van der Waals surface area contributed by atoms with Crippen LogP contribution in [0, 0.1) is 6.92 Å². The van der Waals surface area contributed by atoms with E-state index in [-0.39, 0.29) is 0 Å². The molecule has 0 spiro atoms. The van der Waals surface area contributed by atoms with Crippen LogP contribution in [0.25, 0.3) is 11.3 Å². The van der Waals surface area contributed by atoms with Crippen molar-refractivity contribution in [2.45, 2.75) is 6.92 Å². The van der Waals surface area contributed by atoms with E-state index < -0.39 is 0 Å². The molecule has 2 aromatic heterocycles. The molecule has 0 bridgehead atoms. The summed E-state index contributed by atoms with van der Waals surface area (Å²) in [4.78, 5) is 13.7. The Morgan fingerprint density at radius 3 is 2.50 bits per heavy atom. The minimum absolute atomic E-state index is 0.818. The molecule has 6 heteroatoms. The molecule has 0 aromatic carbocycles. The molecule has 1 saturated heterocycles. The van der Waals surface area contributed by atoms with Gasteiger partial charge < -0.3 is 9.80 Å². The van der Waals surface area contributed by atoms with Crippen molar-refractivity contribution in [3.63, 3.8) is 0 Å². The molecule has 3 rings (SSSR count). The van der Waals surface area contributed by atoms with Crippen LogP contribution < -0.4 is 4.90 Å². The summed E-state index contributed by atoms with van der Waals surface area (Å²) < 4.78 is 1.82. The maximum Gasteiger partial charge on any atom is 0.225 e. The van der Waals surface area contributed by atoms with Gasteiger partial charge in [0.05, 0.1) is 11.4 Å². The summed E-state index contributed by atoms with van der Waals surface area (Å²) in [5.41, 5.74) is 3.01. The van der Waals surface area contributed by atoms with E-state index in [1.807, 2.05) is 37.1 Å². The molecule has 2 aromatic rings. The number of likely N-dealkylation sites (N-methyl/N-ethyl adjacent to an activating group) is 1. The van der Waals surface area contributed by atoms with Gasteiger partial charge in [-0.2, -0.15) is 5.10 Å². The van der Waals surface area contributed by atoms with E-state index in [1.165, 1.54) is 0 Å². The molecular formula is C14H20N6. The first-order chi connectivity index (χ1) is 9.63. The maximum absolute atomic E-state index is 4.71. The molecule has 0 saturated carbocycles. The summed E-state index contributed by atoms with van der Waals surface area (Å²) in [6, 6.07) is 1.95. The van der Waals surface area contributed by atoms with E-state index >= 15 is 0 Å². The van der Waals surface area contributed by atoms with Gasteiger partial charge in [-0.05, 0) is 20.0 Å². The monoisotopic (exact) mass is 272 g/mol. The quantitative estimate of drug-likeness (QED) is 0.814. The standard InChI is InChI=1S/C14H20N6/c1-11-12(10-19(3)17-11)13-4-5-15-14(16-13)20-8-6-18(2)7-9-20/h4-5,10H,6-9H2,1-3H3. The fourth-order valence-corrected chi connectivity index (χ4v) is 2.51. The Morgan fingerprint density at radius 1 is 1.10 bits per heavy atom. The summed E-state index contributed by atoms with van der Waals surface area (Å²) in [7, 11) is 4.08. The van der Waals surface area contributed by atoms with Crippen LogP contribution in [0.4, 0.5) is 5.95 Å². The second-order valence-corrected chi connectivity index (χ2v) is 5.33. The van der Waals surface area contributed by atoms with Crippen molar-refractivity contribution in [3.05, 3.63) is 24.2 Å². The zero-order valence-corrected chi connectivity index (χ0v) is 12.2. The van der Waals surface area contributed by atoms with Gasteiger partial charge in [0.2, 0.25) is 5.95 Å². The second-order valence-electron chi connectivity index (χ2n) is 5.33. The highest BCUT2D eigenvalue weighted by molar-refractivity contribution is 5.61. The third-order valence-electron chi connectivity index (χ3n) is 3.72. The fourth-order valence-electron chi connectivity index (χ4n) is 2.51. The first kappa shape index (κ1) is 13.1. The van der Waals surface area contributed by atoms with Crippen LogP contribution in [0.15, 0.2) is 18.5 Å². The summed E-state index contributed by atoms with van der Waals surface area (Å²) in [6.07, 6.45) is 3.84. The molecule has 0 unspecified atom stereocenters. The number of anilines is 1. The average molecular weight is 272 g/mol. The van der Waals surface area contributed by atoms with Gasteiger partial charge in [0, 0.05) is 51.2 Å². The fraction of sp³-hybridized carbons (Fsp3) is 0.500. The van der Waals surface area contributed by atoms with Gasteiger partial charge in [-0.1, -0.05) is 0 Å². The summed E-state index contributed by atoms with van der Waals surface area (Å²) in [6.45, 7) is 6.07. The van der Waals surface area contributed by atoms with Crippen LogP contribution in [-0.2, 0) is 7.05 Å². The molecule has 106 valence electrons. The van der Waals surface area contributed by atoms with Crippen molar-refractivity contribution in [3.8, 4) is 11.3 Å². The van der Waals surface area contributed by atoms with Crippen molar-refractivity contribution in [2.75, 3.05) is 38.1 Å². The highest BCUT2D eigenvalue weighted by Crippen LogP contribution is 2.22. The summed E-state index contributed by atoms with van der Waals surface area (Å²) >= 11 is 0. The summed E-state index contributed by atoms with van der Waals surface area (Å²) in [5, 5.41) is 4.38. The van der Waals surface area contributed by atoms with Crippen molar-refractivity contribution >= 4 is 5.95 Å². The highest BCUT2D eigenvalue weighted by atomic mass is 15.3. The zero-order valence-electron chi connectivity index (χ0n) is 12.2. The van der Waals surface area contributed by atoms with Gasteiger partial charge in [0.1, 0.15) is 0 Å². The Balaban J connectivity index is 1.88. The van der Waals surface area contributed by atoms with E-state index in [0.717, 1.165) is 49.1 Å². The minimum Gasteiger partial charge on any atom is -0.338 e. The molecule has 0 amide bonds. The molecule has 0 aliphatic carbocycles. The van der Waals surface area contributed by atoms with E-state index in [9.17, 15) is 0 Å². The third-order valence-corrected chi connectivity index (χ3v) is 3.72. The number of aromatic nitrogens is 4. The smallest absolute Gasteiger partial charge is 0.225 e. The molecule has 1 aliphatic heterocycles. The van der Waals surface area contributed by atoms with Gasteiger partial charge in [-0.3, -0.25) is 4.68 Å². The van der Waals surface area contributed by atoms with Crippen molar-refractivity contribution in [1.82, 2.24) is 24.6 Å². The SMILES string of the molecule is Cc1nn(C)cc1-c1ccnc(N2CCN(C)CC2)n1. The van der Waals surface area contributed by atoms with Crippen LogP contribution in [0.1, 0.15) is 5.69 Å². The second kappa shape index (κ2) is 5.20. The van der Waals surface area contributed by atoms with Crippen LogP contribution in [-0.4, -0.2) is 57.9 Å². The van der Waals surface area contributed by atoms with Crippen LogP contribution in [0.2, 0.25) is 0 Å². The van der Waals surface area contributed by atoms with Crippen molar-refractivity contribution in [2.24, 2.45) is 7.05 Å². The zero-order chi connectivity index (χ0) is 14.1. The predicted octanol–water partition coefficient (Wildman–Crippen LogP) is 0.937. The molecule has 0 radical (unpaired) electrons. The molecule has 20 heavy (non-hydrogen) atoms. The predicted molar refractivity (Wildman–Crippen MR) is 78.7 cm³/mol. The largest absolute Gasteiger partial charge is 0.338 e. The van der Waals surface area contributed by atoms with E-state index in [1.54, 1.807) is 0 Å². The Hall–Kier alpha value is -1.95. The Labute approximate surface area is 119 Å². The lowest BCUT2D eigenvalue weighted by atomic mass is 10.2.